The summed E-state index contributed by atoms with van der Waals surface area (Å²) in [6.07, 6.45) is 1.59. The molecule has 0 amide bonds. The maximum absolute atomic E-state index is 12.1. The molecular weight excluding hydrogens is 284 g/mol. The first-order chi connectivity index (χ1) is 11.3. The van der Waals surface area contributed by atoms with Crippen molar-refractivity contribution >= 4 is 11.5 Å². The van der Waals surface area contributed by atoms with E-state index in [-0.39, 0.29) is 5.78 Å². The van der Waals surface area contributed by atoms with Crippen LogP contribution in [0.5, 0.6) is 0 Å². The van der Waals surface area contributed by atoms with E-state index in [0.29, 0.717) is 6.42 Å². The van der Waals surface area contributed by atoms with Crippen LogP contribution in [-0.2, 0) is 0 Å². The minimum absolute atomic E-state index is 0.258. The van der Waals surface area contributed by atoms with Crippen LogP contribution in [0, 0.1) is 0 Å². The molecule has 2 aromatic rings. The Morgan fingerprint density at radius 1 is 0.826 bits per heavy atom. The monoisotopic (exact) mass is 308 g/mol. The zero-order valence-corrected chi connectivity index (χ0v) is 13.5. The van der Waals surface area contributed by atoms with E-state index in [4.69, 9.17) is 0 Å². The fraction of sp³-hybridized carbons (Fsp3) is 0.350. The Hall–Kier alpha value is -2.13. The Balaban J connectivity index is 1.39. The molecule has 1 heterocycles. The number of para-hydroxylation sites is 1. The number of hydrogen-bond acceptors (Lipinski definition) is 3. The molecule has 0 spiro atoms. The van der Waals surface area contributed by atoms with Gasteiger partial charge in [0.25, 0.3) is 0 Å². The third kappa shape index (κ3) is 4.42. The van der Waals surface area contributed by atoms with E-state index in [9.17, 15) is 4.79 Å². The summed E-state index contributed by atoms with van der Waals surface area (Å²) in [4.78, 5) is 17.0. The maximum atomic E-state index is 12.1. The standard InChI is InChI=1S/C20H24N2O/c23-20(18-8-3-1-4-9-18)12-7-13-21-14-16-22(17-15-21)19-10-5-2-6-11-19/h1-6,8-11H,7,12-17H2. The fourth-order valence-electron chi connectivity index (χ4n) is 3.10. The first-order valence-corrected chi connectivity index (χ1v) is 8.43. The van der Waals surface area contributed by atoms with Crippen LogP contribution in [0.15, 0.2) is 60.7 Å². The molecule has 0 saturated carbocycles. The highest BCUT2D eigenvalue weighted by Gasteiger charge is 2.17. The molecule has 0 atom stereocenters. The van der Waals surface area contributed by atoms with Crippen LogP contribution in [0.2, 0.25) is 0 Å². The molecule has 1 fully saturated rings. The maximum Gasteiger partial charge on any atom is 0.162 e. The number of carbonyl (C=O) groups is 1. The Kier molecular flexibility index (Phi) is 5.43. The molecule has 0 bridgehead atoms. The number of piperazine rings is 1. The van der Waals surface area contributed by atoms with Crippen LogP contribution in [-0.4, -0.2) is 43.4 Å². The lowest BCUT2D eigenvalue weighted by atomic mass is 10.1. The van der Waals surface area contributed by atoms with E-state index < -0.39 is 0 Å². The van der Waals surface area contributed by atoms with Crippen LogP contribution in [0.1, 0.15) is 23.2 Å². The summed E-state index contributed by atoms with van der Waals surface area (Å²) in [5.41, 5.74) is 2.15. The number of Topliss-reactive ketones (excluding diaryl/α,β-unsaturated/α-hetero) is 1. The molecule has 3 heteroatoms. The SMILES string of the molecule is O=C(CCCN1CCN(c2ccccc2)CC1)c1ccccc1. The van der Waals surface area contributed by atoms with Crippen LogP contribution < -0.4 is 4.90 Å². The summed E-state index contributed by atoms with van der Waals surface area (Å²) in [5.74, 6) is 0.258. The molecule has 0 aliphatic carbocycles. The summed E-state index contributed by atoms with van der Waals surface area (Å²) >= 11 is 0. The van der Waals surface area contributed by atoms with Crippen molar-refractivity contribution in [2.45, 2.75) is 12.8 Å². The van der Waals surface area contributed by atoms with Crippen molar-refractivity contribution < 1.29 is 4.79 Å². The Labute approximate surface area is 138 Å². The summed E-state index contributed by atoms with van der Waals surface area (Å²) in [6, 6.07) is 20.2. The van der Waals surface area contributed by atoms with Crippen LogP contribution in [0.3, 0.4) is 0 Å². The number of carbonyl (C=O) groups excluding carboxylic acids is 1. The highest BCUT2D eigenvalue weighted by molar-refractivity contribution is 5.95. The number of anilines is 1. The molecule has 1 saturated heterocycles. The molecule has 1 aliphatic heterocycles. The lowest BCUT2D eigenvalue weighted by Crippen LogP contribution is -2.46. The van der Waals surface area contributed by atoms with Gasteiger partial charge in [-0.05, 0) is 25.1 Å². The van der Waals surface area contributed by atoms with Gasteiger partial charge in [0.2, 0.25) is 0 Å². The Morgan fingerprint density at radius 3 is 2.09 bits per heavy atom. The highest BCUT2D eigenvalue weighted by Crippen LogP contribution is 2.16. The number of nitrogens with zero attached hydrogens (tertiary/aromatic N) is 2. The van der Waals surface area contributed by atoms with E-state index in [1.54, 1.807) is 0 Å². The summed E-state index contributed by atoms with van der Waals surface area (Å²) in [6.45, 7) is 5.30. The fourth-order valence-corrected chi connectivity index (χ4v) is 3.10. The number of hydrogen-bond donors (Lipinski definition) is 0. The van der Waals surface area contributed by atoms with Gasteiger partial charge in [0.1, 0.15) is 0 Å². The summed E-state index contributed by atoms with van der Waals surface area (Å²) in [5, 5.41) is 0. The average molecular weight is 308 g/mol. The molecule has 1 aliphatic rings. The van der Waals surface area contributed by atoms with Gasteiger partial charge in [-0.1, -0.05) is 48.5 Å². The third-order valence-electron chi connectivity index (χ3n) is 4.47. The van der Waals surface area contributed by atoms with E-state index in [0.717, 1.165) is 44.7 Å². The summed E-state index contributed by atoms with van der Waals surface area (Å²) in [7, 11) is 0. The van der Waals surface area contributed by atoms with Crippen LogP contribution >= 0.6 is 0 Å². The van der Waals surface area contributed by atoms with Gasteiger partial charge in [-0.25, -0.2) is 0 Å². The second-order valence-corrected chi connectivity index (χ2v) is 6.06. The second-order valence-electron chi connectivity index (χ2n) is 6.06. The molecule has 0 unspecified atom stereocenters. The number of rotatable bonds is 6. The van der Waals surface area contributed by atoms with E-state index in [1.807, 2.05) is 30.3 Å². The molecule has 0 N–H and O–H groups in total. The van der Waals surface area contributed by atoms with Gasteiger partial charge in [-0.2, -0.15) is 0 Å². The van der Waals surface area contributed by atoms with Gasteiger partial charge in [0.05, 0.1) is 0 Å². The predicted octanol–water partition coefficient (Wildman–Crippen LogP) is 3.47. The largest absolute Gasteiger partial charge is 0.369 e. The molecular formula is C20H24N2O. The number of ketones is 1. The molecule has 0 aromatic heterocycles. The minimum atomic E-state index is 0.258. The normalized spacial score (nSPS) is 15.6. The minimum Gasteiger partial charge on any atom is -0.369 e. The van der Waals surface area contributed by atoms with Crippen LogP contribution in [0.25, 0.3) is 0 Å². The van der Waals surface area contributed by atoms with Gasteiger partial charge >= 0.3 is 0 Å². The molecule has 0 radical (unpaired) electrons. The second kappa shape index (κ2) is 7.93. The van der Waals surface area contributed by atoms with Crippen molar-refractivity contribution in [1.82, 2.24) is 4.90 Å². The average Bonchev–Trinajstić information content (AvgIpc) is 2.64. The van der Waals surface area contributed by atoms with Crippen molar-refractivity contribution in [3.05, 3.63) is 66.2 Å². The molecule has 120 valence electrons. The zero-order chi connectivity index (χ0) is 15.9. The van der Waals surface area contributed by atoms with Gasteiger partial charge in [0, 0.05) is 43.9 Å². The van der Waals surface area contributed by atoms with Crippen LogP contribution in [0.4, 0.5) is 5.69 Å². The van der Waals surface area contributed by atoms with E-state index in [1.165, 1.54) is 5.69 Å². The van der Waals surface area contributed by atoms with E-state index in [2.05, 4.69) is 40.1 Å². The highest BCUT2D eigenvalue weighted by atomic mass is 16.1. The Morgan fingerprint density at radius 2 is 1.43 bits per heavy atom. The predicted molar refractivity (Wildman–Crippen MR) is 95.1 cm³/mol. The topological polar surface area (TPSA) is 23.6 Å². The summed E-state index contributed by atoms with van der Waals surface area (Å²) < 4.78 is 0. The van der Waals surface area contributed by atoms with Crippen molar-refractivity contribution in [1.29, 1.82) is 0 Å². The lowest BCUT2D eigenvalue weighted by Gasteiger charge is -2.36. The van der Waals surface area contributed by atoms with Gasteiger partial charge in [-0.3, -0.25) is 9.69 Å². The zero-order valence-electron chi connectivity index (χ0n) is 13.5. The molecule has 2 aromatic carbocycles. The van der Waals surface area contributed by atoms with Crippen molar-refractivity contribution in [2.75, 3.05) is 37.6 Å². The van der Waals surface area contributed by atoms with Crippen molar-refractivity contribution in [2.24, 2.45) is 0 Å². The van der Waals surface area contributed by atoms with Crippen molar-refractivity contribution in [3.63, 3.8) is 0 Å². The van der Waals surface area contributed by atoms with Gasteiger partial charge < -0.3 is 4.90 Å². The molecule has 3 nitrogen and oxygen atoms in total. The first-order valence-electron chi connectivity index (χ1n) is 8.43. The molecule has 23 heavy (non-hydrogen) atoms. The molecule has 3 rings (SSSR count). The van der Waals surface area contributed by atoms with Crippen molar-refractivity contribution in [3.8, 4) is 0 Å². The first kappa shape index (κ1) is 15.8. The van der Waals surface area contributed by atoms with Gasteiger partial charge in [0.15, 0.2) is 5.78 Å². The Bertz CT molecular complexity index is 604. The van der Waals surface area contributed by atoms with Gasteiger partial charge in [-0.15, -0.1) is 0 Å². The smallest absolute Gasteiger partial charge is 0.162 e. The number of benzene rings is 2. The quantitative estimate of drug-likeness (QED) is 0.763. The lowest BCUT2D eigenvalue weighted by molar-refractivity contribution is 0.0974. The van der Waals surface area contributed by atoms with E-state index >= 15 is 0 Å². The third-order valence-corrected chi connectivity index (χ3v) is 4.47.